The SMILES string of the molecule is COC(=O)CN1CCC(C(C)(C)C)CCC1=O. The van der Waals surface area contributed by atoms with E-state index in [4.69, 9.17) is 0 Å². The number of carbonyl (C=O) groups excluding carboxylic acids is 2. The van der Waals surface area contributed by atoms with Gasteiger partial charge in [0.2, 0.25) is 5.91 Å². The maximum atomic E-state index is 11.9. The van der Waals surface area contributed by atoms with Gasteiger partial charge in [0.1, 0.15) is 6.54 Å². The molecule has 17 heavy (non-hydrogen) atoms. The Morgan fingerprint density at radius 3 is 2.59 bits per heavy atom. The Morgan fingerprint density at radius 2 is 2.06 bits per heavy atom. The highest BCUT2D eigenvalue weighted by Crippen LogP contribution is 2.34. The summed E-state index contributed by atoms with van der Waals surface area (Å²) in [5.41, 5.74) is 0.224. The van der Waals surface area contributed by atoms with E-state index in [1.54, 1.807) is 4.90 Å². The molecular formula is C13H23NO3. The van der Waals surface area contributed by atoms with Crippen molar-refractivity contribution in [2.45, 2.75) is 40.0 Å². The number of rotatable bonds is 2. The Balaban J connectivity index is 2.61. The topological polar surface area (TPSA) is 46.6 Å². The molecule has 0 aromatic heterocycles. The quantitative estimate of drug-likeness (QED) is 0.693. The van der Waals surface area contributed by atoms with Crippen molar-refractivity contribution in [3.05, 3.63) is 0 Å². The fourth-order valence-electron chi connectivity index (χ4n) is 2.29. The molecule has 1 aliphatic heterocycles. The molecule has 1 fully saturated rings. The minimum Gasteiger partial charge on any atom is -0.468 e. The predicted octanol–water partition coefficient (Wildman–Crippen LogP) is 1.83. The first-order chi connectivity index (χ1) is 7.84. The minimum absolute atomic E-state index is 0.0714. The zero-order valence-corrected chi connectivity index (χ0v) is 11.3. The van der Waals surface area contributed by atoms with Crippen LogP contribution in [-0.2, 0) is 14.3 Å². The molecule has 98 valence electrons. The number of amides is 1. The number of nitrogens with zero attached hydrogens (tertiary/aromatic N) is 1. The van der Waals surface area contributed by atoms with Crippen LogP contribution in [0.4, 0.5) is 0 Å². The van der Waals surface area contributed by atoms with Gasteiger partial charge in [-0.15, -0.1) is 0 Å². The largest absolute Gasteiger partial charge is 0.468 e. The fourth-order valence-corrected chi connectivity index (χ4v) is 2.29. The van der Waals surface area contributed by atoms with Gasteiger partial charge in [-0.25, -0.2) is 0 Å². The lowest BCUT2D eigenvalue weighted by atomic mass is 9.77. The van der Waals surface area contributed by atoms with E-state index in [0.29, 0.717) is 18.9 Å². The van der Waals surface area contributed by atoms with Crippen molar-refractivity contribution in [3.63, 3.8) is 0 Å². The number of carbonyl (C=O) groups is 2. The van der Waals surface area contributed by atoms with E-state index in [1.165, 1.54) is 7.11 Å². The molecule has 0 N–H and O–H groups in total. The molecule has 1 atom stereocenters. The second-order valence-corrected chi connectivity index (χ2v) is 5.78. The number of likely N-dealkylation sites (tertiary alicyclic amines) is 1. The first-order valence-corrected chi connectivity index (χ1v) is 6.19. The highest BCUT2D eigenvalue weighted by atomic mass is 16.5. The van der Waals surface area contributed by atoms with Gasteiger partial charge in [0.25, 0.3) is 0 Å². The first-order valence-electron chi connectivity index (χ1n) is 6.19. The van der Waals surface area contributed by atoms with Crippen LogP contribution >= 0.6 is 0 Å². The smallest absolute Gasteiger partial charge is 0.325 e. The Labute approximate surface area is 103 Å². The minimum atomic E-state index is -0.340. The number of hydrogen-bond acceptors (Lipinski definition) is 3. The molecule has 1 aliphatic rings. The molecule has 0 aromatic rings. The molecule has 0 spiro atoms. The summed E-state index contributed by atoms with van der Waals surface area (Å²) in [6, 6.07) is 0. The second kappa shape index (κ2) is 5.52. The lowest BCUT2D eigenvalue weighted by Crippen LogP contribution is -2.35. The maximum Gasteiger partial charge on any atom is 0.325 e. The average molecular weight is 241 g/mol. The third-order valence-electron chi connectivity index (χ3n) is 3.58. The molecule has 0 aliphatic carbocycles. The van der Waals surface area contributed by atoms with Crippen LogP contribution in [0, 0.1) is 11.3 Å². The zero-order valence-electron chi connectivity index (χ0n) is 11.3. The van der Waals surface area contributed by atoms with Crippen molar-refractivity contribution in [3.8, 4) is 0 Å². The lowest BCUT2D eigenvalue weighted by Gasteiger charge is -2.29. The Hall–Kier alpha value is -1.06. The molecule has 1 rings (SSSR count). The fraction of sp³-hybridized carbons (Fsp3) is 0.846. The average Bonchev–Trinajstić information content (AvgIpc) is 2.41. The summed E-state index contributed by atoms with van der Waals surface area (Å²) in [6.07, 6.45) is 2.42. The Bertz CT molecular complexity index is 294. The Morgan fingerprint density at radius 1 is 1.41 bits per heavy atom. The van der Waals surface area contributed by atoms with E-state index in [9.17, 15) is 9.59 Å². The molecule has 4 heteroatoms. The molecule has 1 unspecified atom stereocenters. The molecule has 0 bridgehead atoms. The molecule has 1 amide bonds. The van der Waals surface area contributed by atoms with Gasteiger partial charge in [-0.2, -0.15) is 0 Å². The summed E-state index contributed by atoms with van der Waals surface area (Å²) in [7, 11) is 1.35. The van der Waals surface area contributed by atoms with E-state index < -0.39 is 0 Å². The van der Waals surface area contributed by atoms with E-state index in [-0.39, 0.29) is 23.8 Å². The summed E-state index contributed by atoms with van der Waals surface area (Å²) in [5, 5.41) is 0. The number of ether oxygens (including phenoxy) is 1. The first kappa shape index (κ1) is 14.0. The molecule has 0 radical (unpaired) electrons. The van der Waals surface area contributed by atoms with E-state index >= 15 is 0 Å². The summed E-state index contributed by atoms with van der Waals surface area (Å²) in [6.45, 7) is 7.37. The van der Waals surface area contributed by atoms with Crippen molar-refractivity contribution in [1.29, 1.82) is 0 Å². The standard InChI is InChI=1S/C13H23NO3/c1-13(2,3)10-5-6-11(15)14(8-7-10)9-12(16)17-4/h10H,5-9H2,1-4H3. The van der Waals surface area contributed by atoms with Crippen molar-refractivity contribution < 1.29 is 14.3 Å². The van der Waals surface area contributed by atoms with E-state index in [0.717, 1.165) is 12.8 Å². The van der Waals surface area contributed by atoms with Crippen molar-refractivity contribution in [1.82, 2.24) is 4.90 Å². The Kier molecular flexibility index (Phi) is 4.54. The third-order valence-corrected chi connectivity index (χ3v) is 3.58. The van der Waals surface area contributed by atoms with E-state index in [1.807, 2.05) is 0 Å². The molecule has 1 heterocycles. The van der Waals surface area contributed by atoms with Gasteiger partial charge < -0.3 is 9.64 Å². The zero-order chi connectivity index (χ0) is 13.1. The van der Waals surface area contributed by atoms with E-state index in [2.05, 4.69) is 25.5 Å². The lowest BCUT2D eigenvalue weighted by molar-refractivity contribution is -0.146. The van der Waals surface area contributed by atoms with Crippen LogP contribution in [0.2, 0.25) is 0 Å². The summed E-state index contributed by atoms with van der Waals surface area (Å²) < 4.78 is 4.60. The normalized spacial score (nSPS) is 22.2. The highest BCUT2D eigenvalue weighted by Gasteiger charge is 2.30. The molecule has 4 nitrogen and oxygen atoms in total. The second-order valence-electron chi connectivity index (χ2n) is 5.78. The van der Waals surface area contributed by atoms with Crippen LogP contribution in [0.3, 0.4) is 0 Å². The van der Waals surface area contributed by atoms with Crippen LogP contribution in [0.25, 0.3) is 0 Å². The summed E-state index contributed by atoms with van der Waals surface area (Å²) in [5.74, 6) is 0.267. The van der Waals surface area contributed by atoms with Crippen molar-refractivity contribution in [2.75, 3.05) is 20.2 Å². The summed E-state index contributed by atoms with van der Waals surface area (Å²) >= 11 is 0. The van der Waals surface area contributed by atoms with Gasteiger partial charge in [-0.1, -0.05) is 20.8 Å². The van der Waals surface area contributed by atoms with Gasteiger partial charge in [0.05, 0.1) is 7.11 Å². The molecule has 1 saturated heterocycles. The van der Waals surface area contributed by atoms with Crippen molar-refractivity contribution in [2.24, 2.45) is 11.3 Å². The van der Waals surface area contributed by atoms with Gasteiger partial charge in [0, 0.05) is 13.0 Å². The van der Waals surface area contributed by atoms with Gasteiger partial charge in [-0.05, 0) is 24.2 Å². The van der Waals surface area contributed by atoms with Crippen LogP contribution in [-0.4, -0.2) is 37.0 Å². The molecular weight excluding hydrogens is 218 g/mol. The monoisotopic (exact) mass is 241 g/mol. The van der Waals surface area contributed by atoms with Crippen molar-refractivity contribution >= 4 is 11.9 Å². The third kappa shape index (κ3) is 4.02. The van der Waals surface area contributed by atoms with Crippen LogP contribution in [0.1, 0.15) is 40.0 Å². The van der Waals surface area contributed by atoms with Crippen LogP contribution in [0.15, 0.2) is 0 Å². The van der Waals surface area contributed by atoms with Gasteiger partial charge >= 0.3 is 5.97 Å². The summed E-state index contributed by atoms with van der Waals surface area (Å²) in [4.78, 5) is 24.7. The van der Waals surface area contributed by atoms with Crippen LogP contribution in [0.5, 0.6) is 0 Å². The maximum absolute atomic E-state index is 11.9. The number of hydrogen-bond donors (Lipinski definition) is 0. The van der Waals surface area contributed by atoms with Crippen LogP contribution < -0.4 is 0 Å². The number of esters is 1. The van der Waals surface area contributed by atoms with Gasteiger partial charge in [-0.3, -0.25) is 9.59 Å². The predicted molar refractivity (Wildman–Crippen MR) is 65.4 cm³/mol. The molecule has 0 saturated carbocycles. The highest BCUT2D eigenvalue weighted by molar-refractivity contribution is 5.82. The number of methoxy groups -OCH3 is 1. The van der Waals surface area contributed by atoms with Gasteiger partial charge in [0.15, 0.2) is 0 Å². The molecule has 0 aromatic carbocycles.